The van der Waals surface area contributed by atoms with Crippen molar-refractivity contribution in [1.29, 1.82) is 0 Å². The van der Waals surface area contributed by atoms with Crippen LogP contribution >= 0.6 is 0 Å². The molecule has 1 saturated heterocycles. The number of likely N-dealkylation sites (N-methyl/N-ethyl adjacent to an activating group) is 1. The van der Waals surface area contributed by atoms with Crippen LogP contribution in [0.3, 0.4) is 0 Å². The maximum atomic E-state index is 4.58. The zero-order valence-corrected chi connectivity index (χ0v) is 14.7. The van der Waals surface area contributed by atoms with Gasteiger partial charge in [-0.2, -0.15) is 0 Å². The van der Waals surface area contributed by atoms with Crippen molar-refractivity contribution in [2.24, 2.45) is 0 Å². The Balaban J connectivity index is 1.56. The van der Waals surface area contributed by atoms with Crippen LogP contribution in [0.5, 0.6) is 0 Å². The van der Waals surface area contributed by atoms with Gasteiger partial charge >= 0.3 is 0 Å². The van der Waals surface area contributed by atoms with Gasteiger partial charge in [0.05, 0.1) is 5.52 Å². The van der Waals surface area contributed by atoms with Gasteiger partial charge in [0.1, 0.15) is 11.6 Å². The lowest BCUT2D eigenvalue weighted by molar-refractivity contribution is 0.313. The highest BCUT2D eigenvalue weighted by Gasteiger charge is 2.14. The fourth-order valence-corrected chi connectivity index (χ4v) is 3.24. The van der Waals surface area contributed by atoms with E-state index in [0.29, 0.717) is 0 Å². The molecule has 1 N–H and O–H groups in total. The molecule has 1 aromatic heterocycles. The molecule has 2 heterocycles. The molecule has 5 heteroatoms. The summed E-state index contributed by atoms with van der Waals surface area (Å²) in [7, 11) is 2.18. The molecule has 0 bridgehead atoms. The van der Waals surface area contributed by atoms with E-state index >= 15 is 0 Å². The lowest BCUT2D eigenvalue weighted by Gasteiger charge is -2.34. The predicted molar refractivity (Wildman–Crippen MR) is 104 cm³/mol. The van der Waals surface area contributed by atoms with E-state index in [2.05, 4.69) is 62.5 Å². The number of aryl methyl sites for hydroxylation is 1. The van der Waals surface area contributed by atoms with Gasteiger partial charge < -0.3 is 15.1 Å². The van der Waals surface area contributed by atoms with E-state index in [9.17, 15) is 0 Å². The zero-order chi connectivity index (χ0) is 17.2. The highest BCUT2D eigenvalue weighted by molar-refractivity contribution is 5.90. The van der Waals surface area contributed by atoms with E-state index in [1.165, 1.54) is 5.69 Å². The summed E-state index contributed by atoms with van der Waals surface area (Å²) in [6, 6.07) is 16.7. The first kappa shape index (κ1) is 15.8. The first-order valence-electron chi connectivity index (χ1n) is 8.73. The number of rotatable bonds is 3. The van der Waals surface area contributed by atoms with Crippen LogP contribution in [0.2, 0.25) is 0 Å². The summed E-state index contributed by atoms with van der Waals surface area (Å²) in [6.45, 7) is 6.32. The van der Waals surface area contributed by atoms with Gasteiger partial charge in [-0.05, 0) is 50.4 Å². The van der Waals surface area contributed by atoms with Crippen molar-refractivity contribution in [2.75, 3.05) is 43.4 Å². The number of fused-ring (bicyclic) bond motifs is 1. The van der Waals surface area contributed by atoms with Crippen LogP contribution in [0, 0.1) is 6.92 Å². The first-order valence-corrected chi connectivity index (χ1v) is 8.73. The molecule has 3 aromatic rings. The number of hydrogen-bond acceptors (Lipinski definition) is 5. The van der Waals surface area contributed by atoms with Crippen LogP contribution in [0.4, 0.5) is 17.2 Å². The molecule has 2 aromatic carbocycles. The third-order valence-electron chi connectivity index (χ3n) is 4.71. The summed E-state index contributed by atoms with van der Waals surface area (Å²) >= 11 is 0. The summed E-state index contributed by atoms with van der Waals surface area (Å²) in [5, 5.41) is 4.49. The van der Waals surface area contributed by atoms with Gasteiger partial charge in [-0.15, -0.1) is 0 Å². The minimum atomic E-state index is 0.773. The Bertz CT molecular complexity index is 867. The second kappa shape index (κ2) is 6.69. The molecule has 0 unspecified atom stereocenters. The number of nitrogens with one attached hydrogen (secondary N) is 1. The fourth-order valence-electron chi connectivity index (χ4n) is 3.24. The average molecular weight is 333 g/mol. The summed E-state index contributed by atoms with van der Waals surface area (Å²) in [4.78, 5) is 13.9. The van der Waals surface area contributed by atoms with Gasteiger partial charge in [0.25, 0.3) is 0 Å². The standard InChI is InChI=1S/C20H23N5/c1-15-21-19-6-4-3-5-18(19)20(22-15)23-16-7-9-17(10-8-16)25-13-11-24(2)12-14-25/h3-10H,11-14H2,1-2H3,(H,21,22,23). The minimum absolute atomic E-state index is 0.773. The van der Waals surface area contributed by atoms with E-state index in [0.717, 1.165) is 54.4 Å². The SMILES string of the molecule is Cc1nc(Nc2ccc(N3CCN(C)CC3)cc2)c2ccccc2n1. The van der Waals surface area contributed by atoms with Gasteiger partial charge in [-0.25, -0.2) is 9.97 Å². The molecule has 0 spiro atoms. The van der Waals surface area contributed by atoms with Crippen molar-refractivity contribution in [3.05, 3.63) is 54.4 Å². The molecule has 0 atom stereocenters. The van der Waals surface area contributed by atoms with Crippen LogP contribution in [0.15, 0.2) is 48.5 Å². The largest absolute Gasteiger partial charge is 0.369 e. The van der Waals surface area contributed by atoms with E-state index < -0.39 is 0 Å². The quantitative estimate of drug-likeness (QED) is 0.795. The Labute approximate surface area is 148 Å². The van der Waals surface area contributed by atoms with Crippen LogP contribution in [-0.2, 0) is 0 Å². The molecule has 4 rings (SSSR count). The van der Waals surface area contributed by atoms with Crippen LogP contribution in [-0.4, -0.2) is 48.1 Å². The van der Waals surface area contributed by atoms with Gasteiger partial charge in [0.15, 0.2) is 0 Å². The van der Waals surface area contributed by atoms with E-state index in [4.69, 9.17) is 0 Å². The Morgan fingerprint density at radius 3 is 2.36 bits per heavy atom. The summed E-state index contributed by atoms with van der Waals surface area (Å²) in [5.41, 5.74) is 3.29. The van der Waals surface area contributed by atoms with Gasteiger partial charge in [-0.1, -0.05) is 12.1 Å². The summed E-state index contributed by atoms with van der Waals surface area (Å²) in [6.07, 6.45) is 0. The molecule has 0 aliphatic carbocycles. The van der Waals surface area contributed by atoms with Crippen molar-refractivity contribution in [3.8, 4) is 0 Å². The van der Waals surface area contributed by atoms with Gasteiger partial charge in [-0.3, -0.25) is 0 Å². The van der Waals surface area contributed by atoms with Crippen molar-refractivity contribution in [1.82, 2.24) is 14.9 Å². The number of benzene rings is 2. The third-order valence-corrected chi connectivity index (χ3v) is 4.71. The fraction of sp³-hybridized carbons (Fsp3) is 0.300. The number of anilines is 3. The molecule has 0 saturated carbocycles. The van der Waals surface area contributed by atoms with Crippen LogP contribution in [0.1, 0.15) is 5.82 Å². The van der Waals surface area contributed by atoms with Crippen LogP contribution in [0.25, 0.3) is 10.9 Å². The maximum absolute atomic E-state index is 4.58. The van der Waals surface area contributed by atoms with Gasteiger partial charge in [0, 0.05) is 42.9 Å². The Morgan fingerprint density at radius 1 is 0.880 bits per heavy atom. The summed E-state index contributed by atoms with van der Waals surface area (Å²) in [5.74, 6) is 1.63. The maximum Gasteiger partial charge on any atom is 0.142 e. The highest BCUT2D eigenvalue weighted by atomic mass is 15.2. The van der Waals surface area contributed by atoms with E-state index in [1.54, 1.807) is 0 Å². The Morgan fingerprint density at radius 2 is 1.60 bits per heavy atom. The van der Waals surface area contributed by atoms with Gasteiger partial charge in [0.2, 0.25) is 0 Å². The number of nitrogens with zero attached hydrogens (tertiary/aromatic N) is 4. The number of hydrogen-bond donors (Lipinski definition) is 1. The number of piperazine rings is 1. The second-order valence-electron chi connectivity index (χ2n) is 6.60. The molecule has 1 aliphatic heterocycles. The topological polar surface area (TPSA) is 44.3 Å². The molecule has 25 heavy (non-hydrogen) atoms. The lowest BCUT2D eigenvalue weighted by atomic mass is 10.2. The third kappa shape index (κ3) is 3.42. The average Bonchev–Trinajstić information content (AvgIpc) is 2.63. The summed E-state index contributed by atoms with van der Waals surface area (Å²) < 4.78 is 0. The first-order chi connectivity index (χ1) is 12.2. The van der Waals surface area contributed by atoms with E-state index in [-0.39, 0.29) is 0 Å². The number of para-hydroxylation sites is 1. The molecular weight excluding hydrogens is 310 g/mol. The minimum Gasteiger partial charge on any atom is -0.369 e. The molecule has 5 nitrogen and oxygen atoms in total. The Kier molecular flexibility index (Phi) is 4.24. The zero-order valence-electron chi connectivity index (χ0n) is 14.7. The van der Waals surface area contributed by atoms with Crippen LogP contribution < -0.4 is 10.2 Å². The number of aromatic nitrogens is 2. The normalized spacial score (nSPS) is 15.5. The van der Waals surface area contributed by atoms with Crippen molar-refractivity contribution < 1.29 is 0 Å². The van der Waals surface area contributed by atoms with Crippen molar-refractivity contribution in [3.63, 3.8) is 0 Å². The monoisotopic (exact) mass is 333 g/mol. The predicted octanol–water partition coefficient (Wildman–Crippen LogP) is 3.43. The molecular formula is C20H23N5. The molecule has 128 valence electrons. The van der Waals surface area contributed by atoms with Crippen molar-refractivity contribution >= 4 is 28.1 Å². The lowest BCUT2D eigenvalue weighted by Crippen LogP contribution is -2.44. The smallest absolute Gasteiger partial charge is 0.142 e. The second-order valence-corrected chi connectivity index (χ2v) is 6.60. The van der Waals surface area contributed by atoms with Crippen molar-refractivity contribution in [2.45, 2.75) is 6.92 Å². The Hall–Kier alpha value is -2.66. The molecule has 1 aliphatic rings. The van der Waals surface area contributed by atoms with E-state index in [1.807, 2.05) is 25.1 Å². The molecule has 0 amide bonds. The molecule has 0 radical (unpaired) electrons. The molecule has 1 fully saturated rings. The highest BCUT2D eigenvalue weighted by Crippen LogP contribution is 2.25.